The zero-order valence-corrected chi connectivity index (χ0v) is 12.4. The molecule has 4 heteroatoms. The molecule has 1 aromatic heterocycles. The fraction of sp³-hybridized carbons (Fsp3) is 0.385. The van der Waals surface area contributed by atoms with Gasteiger partial charge in [0.15, 0.2) is 0 Å². The summed E-state index contributed by atoms with van der Waals surface area (Å²) in [4.78, 5) is 0. The van der Waals surface area contributed by atoms with E-state index in [2.05, 4.69) is 36.7 Å². The summed E-state index contributed by atoms with van der Waals surface area (Å²) < 4.78 is 6.70. The molecule has 1 heterocycles. The van der Waals surface area contributed by atoms with Gasteiger partial charge < -0.3 is 10.2 Å². The van der Waals surface area contributed by atoms with Gasteiger partial charge in [0.2, 0.25) is 0 Å². The minimum absolute atomic E-state index is 0.0237. The third-order valence-electron chi connectivity index (χ3n) is 2.72. The molecule has 0 atom stereocenters. The molecule has 0 bridgehead atoms. The minimum atomic E-state index is -0.0237. The summed E-state index contributed by atoms with van der Waals surface area (Å²) in [5.41, 5.74) is 7.69. The van der Waals surface area contributed by atoms with Crippen LogP contribution in [0.5, 0.6) is 0 Å². The summed E-state index contributed by atoms with van der Waals surface area (Å²) >= 11 is 9.57. The molecule has 0 saturated heterocycles. The van der Waals surface area contributed by atoms with Crippen molar-refractivity contribution in [2.24, 2.45) is 5.73 Å². The van der Waals surface area contributed by atoms with Crippen LogP contribution in [0.4, 0.5) is 0 Å². The van der Waals surface area contributed by atoms with E-state index in [-0.39, 0.29) is 5.41 Å². The molecule has 0 radical (unpaired) electrons. The maximum Gasteiger partial charge on any atom is 0.148 e. The lowest BCUT2D eigenvalue weighted by Crippen LogP contribution is -2.14. The number of hydrogen-bond acceptors (Lipinski definition) is 2. The van der Waals surface area contributed by atoms with Crippen LogP contribution >= 0.6 is 27.5 Å². The van der Waals surface area contributed by atoms with E-state index in [4.69, 9.17) is 21.8 Å². The van der Waals surface area contributed by atoms with Crippen LogP contribution in [0.15, 0.2) is 21.0 Å². The van der Waals surface area contributed by atoms with Crippen LogP contribution in [-0.4, -0.2) is 0 Å². The van der Waals surface area contributed by atoms with Gasteiger partial charge in [-0.25, -0.2) is 0 Å². The maximum absolute atomic E-state index is 6.10. The summed E-state index contributed by atoms with van der Waals surface area (Å²) in [6.07, 6.45) is 0. The van der Waals surface area contributed by atoms with Gasteiger partial charge in [0.1, 0.15) is 11.3 Å². The van der Waals surface area contributed by atoms with Crippen LogP contribution in [0.1, 0.15) is 32.1 Å². The van der Waals surface area contributed by atoms with Gasteiger partial charge in [-0.3, -0.25) is 0 Å². The van der Waals surface area contributed by atoms with E-state index in [1.807, 2.05) is 12.1 Å². The Morgan fingerprint density at radius 3 is 2.53 bits per heavy atom. The quantitative estimate of drug-likeness (QED) is 0.834. The topological polar surface area (TPSA) is 39.2 Å². The molecule has 17 heavy (non-hydrogen) atoms. The molecule has 1 aromatic carbocycles. The van der Waals surface area contributed by atoms with Crippen molar-refractivity contribution in [1.29, 1.82) is 0 Å². The highest BCUT2D eigenvalue weighted by Crippen LogP contribution is 2.39. The predicted octanol–water partition coefficient (Wildman–Crippen LogP) is 4.60. The number of halogens is 2. The van der Waals surface area contributed by atoms with Crippen LogP contribution in [-0.2, 0) is 12.0 Å². The lowest BCUT2D eigenvalue weighted by Gasteiger charge is -2.18. The number of rotatable bonds is 1. The second kappa shape index (κ2) is 4.30. The normalized spacial score (nSPS) is 12.4. The number of nitrogens with two attached hydrogens (primary N) is 1. The molecular formula is C13H15BrClNO. The minimum Gasteiger partial charge on any atom is -0.458 e. The van der Waals surface area contributed by atoms with Gasteiger partial charge in [0.05, 0.1) is 11.0 Å². The summed E-state index contributed by atoms with van der Waals surface area (Å²) in [5.74, 6) is 0.829. The standard InChI is InChI=1S/C13H15BrClNO/c1-13(2,3)11-8-4-7(15)5-9(14)12(8)17-10(11)6-16/h4-5H,6,16H2,1-3H3. The van der Waals surface area contributed by atoms with Crippen LogP contribution < -0.4 is 5.73 Å². The third kappa shape index (κ3) is 2.24. The van der Waals surface area contributed by atoms with Crippen molar-refractivity contribution in [2.45, 2.75) is 32.7 Å². The second-order valence-electron chi connectivity index (χ2n) is 5.12. The van der Waals surface area contributed by atoms with Crippen molar-refractivity contribution in [3.05, 3.63) is 33.0 Å². The monoisotopic (exact) mass is 315 g/mol. The van der Waals surface area contributed by atoms with Crippen LogP contribution in [0, 0.1) is 0 Å². The van der Waals surface area contributed by atoms with Crippen molar-refractivity contribution in [2.75, 3.05) is 0 Å². The first-order chi connectivity index (χ1) is 7.84. The lowest BCUT2D eigenvalue weighted by molar-refractivity contribution is 0.510. The molecule has 0 fully saturated rings. The molecule has 2 nitrogen and oxygen atoms in total. The average molecular weight is 317 g/mol. The number of furan rings is 1. The van der Waals surface area contributed by atoms with Crippen LogP contribution in [0.2, 0.25) is 5.02 Å². The maximum atomic E-state index is 6.10. The van der Waals surface area contributed by atoms with E-state index in [0.29, 0.717) is 11.6 Å². The first-order valence-electron chi connectivity index (χ1n) is 5.45. The number of fused-ring (bicyclic) bond motifs is 1. The molecule has 2 aromatic rings. The molecule has 0 spiro atoms. The zero-order chi connectivity index (χ0) is 12.8. The zero-order valence-electron chi connectivity index (χ0n) is 10.1. The second-order valence-corrected chi connectivity index (χ2v) is 6.41. The number of hydrogen-bond donors (Lipinski definition) is 1. The van der Waals surface area contributed by atoms with E-state index < -0.39 is 0 Å². The van der Waals surface area contributed by atoms with Gasteiger partial charge in [-0.2, -0.15) is 0 Å². The SMILES string of the molecule is CC(C)(C)c1c(CN)oc2c(Br)cc(Cl)cc12. The van der Waals surface area contributed by atoms with Gasteiger partial charge in [-0.15, -0.1) is 0 Å². The Morgan fingerprint density at radius 1 is 1.35 bits per heavy atom. The molecule has 0 amide bonds. The molecule has 0 aliphatic carbocycles. The van der Waals surface area contributed by atoms with Gasteiger partial charge in [-0.05, 0) is 33.5 Å². The molecule has 0 unspecified atom stereocenters. The third-order valence-corrected chi connectivity index (χ3v) is 3.52. The van der Waals surface area contributed by atoms with Crippen molar-refractivity contribution >= 4 is 38.5 Å². The van der Waals surface area contributed by atoms with E-state index in [1.165, 1.54) is 0 Å². The first kappa shape index (κ1) is 12.9. The largest absolute Gasteiger partial charge is 0.458 e. The molecule has 0 aliphatic rings. The summed E-state index contributed by atoms with van der Waals surface area (Å²) in [6.45, 7) is 6.83. The van der Waals surface area contributed by atoms with Crippen molar-refractivity contribution < 1.29 is 4.42 Å². The Bertz CT molecular complexity index is 569. The van der Waals surface area contributed by atoms with E-state index in [0.717, 1.165) is 26.8 Å². The lowest BCUT2D eigenvalue weighted by atomic mass is 9.85. The van der Waals surface area contributed by atoms with Gasteiger partial charge in [-0.1, -0.05) is 32.4 Å². The van der Waals surface area contributed by atoms with E-state index in [1.54, 1.807) is 0 Å². The highest BCUT2D eigenvalue weighted by atomic mass is 79.9. The first-order valence-corrected chi connectivity index (χ1v) is 6.62. The highest BCUT2D eigenvalue weighted by Gasteiger charge is 2.25. The van der Waals surface area contributed by atoms with Crippen molar-refractivity contribution in [1.82, 2.24) is 0 Å². The highest BCUT2D eigenvalue weighted by molar-refractivity contribution is 9.10. The van der Waals surface area contributed by atoms with Crippen LogP contribution in [0.3, 0.4) is 0 Å². The fourth-order valence-electron chi connectivity index (χ4n) is 2.14. The Morgan fingerprint density at radius 2 is 2.00 bits per heavy atom. The summed E-state index contributed by atoms with van der Waals surface area (Å²) in [5, 5.41) is 1.73. The van der Waals surface area contributed by atoms with Gasteiger partial charge >= 0.3 is 0 Å². The summed E-state index contributed by atoms with van der Waals surface area (Å²) in [7, 11) is 0. The summed E-state index contributed by atoms with van der Waals surface area (Å²) in [6, 6.07) is 3.77. The number of benzene rings is 1. The average Bonchev–Trinajstić information content (AvgIpc) is 2.55. The molecule has 0 aliphatic heterocycles. The van der Waals surface area contributed by atoms with Gasteiger partial charge in [0, 0.05) is 16.0 Å². The Hall–Kier alpha value is -0.510. The Balaban J connectivity index is 2.88. The molecular weight excluding hydrogens is 302 g/mol. The Kier molecular flexibility index (Phi) is 3.27. The smallest absolute Gasteiger partial charge is 0.148 e. The molecule has 0 saturated carbocycles. The molecule has 2 N–H and O–H groups in total. The van der Waals surface area contributed by atoms with Crippen molar-refractivity contribution in [3.8, 4) is 0 Å². The van der Waals surface area contributed by atoms with E-state index in [9.17, 15) is 0 Å². The van der Waals surface area contributed by atoms with E-state index >= 15 is 0 Å². The molecule has 2 rings (SSSR count). The van der Waals surface area contributed by atoms with Crippen LogP contribution in [0.25, 0.3) is 11.0 Å². The van der Waals surface area contributed by atoms with Gasteiger partial charge in [0.25, 0.3) is 0 Å². The van der Waals surface area contributed by atoms with Crippen molar-refractivity contribution in [3.63, 3.8) is 0 Å². The Labute approximate surface area is 114 Å². The predicted molar refractivity (Wildman–Crippen MR) is 75.5 cm³/mol. The molecule has 92 valence electrons. The fourth-order valence-corrected chi connectivity index (χ4v) is 3.03.